The fourth-order valence-corrected chi connectivity index (χ4v) is 10.4. The number of ether oxygens (including phenoxy) is 2. The summed E-state index contributed by atoms with van der Waals surface area (Å²) in [5.41, 5.74) is 20.3. The predicted octanol–water partition coefficient (Wildman–Crippen LogP) is 14.4. The van der Waals surface area contributed by atoms with Crippen LogP contribution in [0.25, 0.3) is 11.1 Å². The predicted molar refractivity (Wildman–Crippen MR) is 273 cm³/mol. The Labute approximate surface area is 384 Å². The van der Waals surface area contributed by atoms with Crippen molar-refractivity contribution in [3.05, 3.63) is 198 Å². The normalized spacial score (nSPS) is 15.0. The van der Waals surface area contributed by atoms with Gasteiger partial charge < -0.3 is 24.6 Å². The van der Waals surface area contributed by atoms with Gasteiger partial charge in [-0.15, -0.1) is 0 Å². The molecule has 5 nitrogen and oxygen atoms in total. The standard InChI is InChI=1S/C59H54BN3O2/c1-38-30-46(45-33-40-37-64-54-24-16-17-25-55(54)65-56(40)36-50(45)61-41-18-10-7-11-19-41)57-53(31-38)63(51-35-48-47(32-39(51)2)58(3,4)28-29-59(48,5)6)52-34-44(26-27-49(52)60-57)62(42-20-12-8-13-21-42)43-22-14-9-15-23-43/h7-27,30-36,60-61H,28-29,37H2,1-6H3. The third-order valence-electron chi connectivity index (χ3n) is 14.0. The SMILES string of the molecule is Cc1cc(-c2cc3c(cc2Nc2ccccc2)Oc2ccccc2OC3)c2c(c1)N(c1cc3c(cc1C)C(C)(C)CCC3(C)C)c1cc(N(c3ccccc3)c3ccccc3)ccc1B2. The summed E-state index contributed by atoms with van der Waals surface area (Å²) in [6.07, 6.45) is 2.32. The summed E-state index contributed by atoms with van der Waals surface area (Å²) < 4.78 is 13.0. The zero-order valence-electron chi connectivity index (χ0n) is 38.2. The van der Waals surface area contributed by atoms with Crippen LogP contribution < -0.4 is 35.5 Å². The zero-order valence-corrected chi connectivity index (χ0v) is 38.2. The van der Waals surface area contributed by atoms with Gasteiger partial charge in [0.25, 0.3) is 0 Å². The Balaban J connectivity index is 1.15. The van der Waals surface area contributed by atoms with E-state index in [-0.39, 0.29) is 10.8 Å². The van der Waals surface area contributed by atoms with Crippen LogP contribution in [0.15, 0.2) is 170 Å². The minimum Gasteiger partial charge on any atom is -0.485 e. The highest BCUT2D eigenvalue weighted by molar-refractivity contribution is 6.73. The number of para-hydroxylation sites is 5. The molecule has 0 spiro atoms. The van der Waals surface area contributed by atoms with Gasteiger partial charge in [-0.05, 0) is 150 Å². The van der Waals surface area contributed by atoms with Crippen LogP contribution in [0.4, 0.5) is 45.5 Å². The molecule has 0 radical (unpaired) electrons. The lowest BCUT2D eigenvalue weighted by Gasteiger charge is -2.44. The number of fused-ring (bicyclic) bond motifs is 5. The number of anilines is 8. The van der Waals surface area contributed by atoms with E-state index in [1.54, 1.807) is 0 Å². The van der Waals surface area contributed by atoms with Crippen LogP contribution in [0, 0.1) is 13.8 Å². The van der Waals surface area contributed by atoms with Crippen LogP contribution in [0.1, 0.15) is 68.4 Å². The molecule has 2 aliphatic heterocycles. The van der Waals surface area contributed by atoms with Crippen molar-refractivity contribution in [2.45, 2.75) is 71.8 Å². The molecule has 0 aromatic heterocycles. The number of aryl methyl sites for hydroxylation is 2. The van der Waals surface area contributed by atoms with Crippen LogP contribution >= 0.6 is 0 Å². The Bertz CT molecular complexity index is 3070. The Morgan fingerprint density at radius 1 is 0.554 bits per heavy atom. The molecule has 8 aromatic carbocycles. The molecule has 0 bridgehead atoms. The molecule has 3 aliphatic rings. The monoisotopic (exact) mass is 847 g/mol. The molecule has 0 fully saturated rings. The van der Waals surface area contributed by atoms with E-state index < -0.39 is 0 Å². The maximum Gasteiger partial charge on any atom is 0.198 e. The summed E-state index contributed by atoms with van der Waals surface area (Å²) in [6.45, 7) is 14.7. The summed E-state index contributed by atoms with van der Waals surface area (Å²) in [5.74, 6) is 2.25. The molecule has 0 unspecified atom stereocenters. The van der Waals surface area contributed by atoms with Crippen LogP contribution in [0.2, 0.25) is 0 Å². The minimum atomic E-state index is 0.0371. The Morgan fingerprint density at radius 2 is 1.18 bits per heavy atom. The topological polar surface area (TPSA) is 37.0 Å². The first-order valence-electron chi connectivity index (χ1n) is 23.0. The van der Waals surface area contributed by atoms with Crippen molar-refractivity contribution in [2.24, 2.45) is 0 Å². The molecule has 0 atom stereocenters. The van der Waals surface area contributed by atoms with E-state index in [4.69, 9.17) is 9.47 Å². The number of benzene rings is 8. The average Bonchev–Trinajstić information content (AvgIpc) is 3.49. The molecule has 320 valence electrons. The maximum atomic E-state index is 6.64. The first kappa shape index (κ1) is 40.6. The average molecular weight is 848 g/mol. The number of hydrogen-bond acceptors (Lipinski definition) is 5. The van der Waals surface area contributed by atoms with Crippen LogP contribution in [0.5, 0.6) is 17.2 Å². The van der Waals surface area contributed by atoms with E-state index in [1.807, 2.05) is 24.3 Å². The summed E-state index contributed by atoms with van der Waals surface area (Å²) in [6, 6.07) is 61.2. The van der Waals surface area contributed by atoms with Gasteiger partial charge in [0, 0.05) is 57.0 Å². The van der Waals surface area contributed by atoms with Crippen molar-refractivity contribution in [1.82, 2.24) is 0 Å². The van der Waals surface area contributed by atoms with Gasteiger partial charge in [-0.2, -0.15) is 0 Å². The third kappa shape index (κ3) is 7.31. The second-order valence-corrected chi connectivity index (χ2v) is 19.4. The smallest absolute Gasteiger partial charge is 0.198 e. The van der Waals surface area contributed by atoms with E-state index in [2.05, 4.69) is 202 Å². The molecule has 2 heterocycles. The highest BCUT2D eigenvalue weighted by Gasteiger charge is 2.39. The van der Waals surface area contributed by atoms with E-state index in [0.717, 1.165) is 64.8 Å². The fraction of sp³-hybridized carbons (Fsp3) is 0.186. The van der Waals surface area contributed by atoms with Gasteiger partial charge in [0.2, 0.25) is 0 Å². The highest BCUT2D eigenvalue weighted by atomic mass is 16.5. The van der Waals surface area contributed by atoms with Gasteiger partial charge in [0.15, 0.2) is 18.8 Å². The summed E-state index contributed by atoms with van der Waals surface area (Å²) in [5, 5.41) is 3.82. The van der Waals surface area contributed by atoms with Crippen LogP contribution in [-0.4, -0.2) is 7.28 Å². The summed E-state index contributed by atoms with van der Waals surface area (Å²) in [4.78, 5) is 4.97. The Hall–Kier alpha value is -7.18. The van der Waals surface area contributed by atoms with Crippen molar-refractivity contribution >= 4 is 63.7 Å². The van der Waals surface area contributed by atoms with Crippen molar-refractivity contribution in [1.29, 1.82) is 0 Å². The zero-order chi connectivity index (χ0) is 44.5. The molecule has 11 rings (SSSR count). The number of nitrogens with one attached hydrogen (secondary N) is 1. The minimum absolute atomic E-state index is 0.0371. The number of rotatable bonds is 7. The molecule has 1 N–H and O–H groups in total. The van der Waals surface area contributed by atoms with Crippen LogP contribution in [-0.2, 0) is 17.4 Å². The summed E-state index contributed by atoms with van der Waals surface area (Å²) >= 11 is 0. The second-order valence-electron chi connectivity index (χ2n) is 19.4. The van der Waals surface area contributed by atoms with Crippen molar-refractivity contribution in [3.63, 3.8) is 0 Å². The Morgan fingerprint density at radius 3 is 1.88 bits per heavy atom. The van der Waals surface area contributed by atoms with Gasteiger partial charge in [-0.1, -0.05) is 118 Å². The van der Waals surface area contributed by atoms with E-state index in [1.165, 1.54) is 62.2 Å². The molecule has 65 heavy (non-hydrogen) atoms. The van der Waals surface area contributed by atoms with Crippen molar-refractivity contribution in [3.8, 4) is 28.4 Å². The van der Waals surface area contributed by atoms with Gasteiger partial charge in [-0.25, -0.2) is 0 Å². The molecular formula is C59H54BN3O2. The lowest BCUT2D eigenvalue weighted by Crippen LogP contribution is -2.41. The lowest BCUT2D eigenvalue weighted by atomic mass is 9.57. The molecule has 8 aromatic rings. The van der Waals surface area contributed by atoms with Gasteiger partial charge >= 0.3 is 0 Å². The van der Waals surface area contributed by atoms with E-state index in [9.17, 15) is 0 Å². The molecule has 6 heteroatoms. The number of nitrogens with zero attached hydrogens (tertiary/aromatic N) is 2. The Kier molecular flexibility index (Phi) is 9.87. The van der Waals surface area contributed by atoms with Gasteiger partial charge in [0.1, 0.15) is 12.4 Å². The number of hydrogen-bond donors (Lipinski definition) is 1. The van der Waals surface area contributed by atoms with Crippen molar-refractivity contribution < 1.29 is 9.47 Å². The van der Waals surface area contributed by atoms with Crippen molar-refractivity contribution in [2.75, 3.05) is 15.1 Å². The largest absolute Gasteiger partial charge is 0.485 e. The highest BCUT2D eigenvalue weighted by Crippen LogP contribution is 2.51. The first-order chi connectivity index (χ1) is 31.5. The third-order valence-corrected chi connectivity index (χ3v) is 14.0. The van der Waals surface area contributed by atoms with Gasteiger partial charge in [-0.3, -0.25) is 0 Å². The first-order valence-corrected chi connectivity index (χ1v) is 23.0. The molecule has 1 aliphatic carbocycles. The van der Waals surface area contributed by atoms with Crippen LogP contribution in [0.3, 0.4) is 0 Å². The summed E-state index contributed by atoms with van der Waals surface area (Å²) in [7, 11) is 0.760. The molecular weight excluding hydrogens is 793 g/mol. The maximum absolute atomic E-state index is 6.64. The van der Waals surface area contributed by atoms with Gasteiger partial charge in [0.05, 0.1) is 5.69 Å². The quantitative estimate of drug-likeness (QED) is 0.162. The lowest BCUT2D eigenvalue weighted by molar-refractivity contribution is 0.307. The molecule has 0 saturated carbocycles. The fourth-order valence-electron chi connectivity index (χ4n) is 10.4. The molecule has 0 saturated heterocycles. The van der Waals surface area contributed by atoms with E-state index >= 15 is 0 Å². The molecule has 0 amide bonds. The second kappa shape index (κ2) is 15.8. The van der Waals surface area contributed by atoms with E-state index in [0.29, 0.717) is 12.4 Å².